The van der Waals surface area contributed by atoms with Crippen molar-refractivity contribution in [1.29, 1.82) is 0 Å². The van der Waals surface area contributed by atoms with Crippen molar-refractivity contribution in [2.24, 2.45) is 0 Å². The third-order valence-corrected chi connectivity index (χ3v) is 0.987. The highest BCUT2D eigenvalue weighted by molar-refractivity contribution is 5.73. The Morgan fingerprint density at radius 1 is 1.89 bits per heavy atom. The van der Waals surface area contributed by atoms with Gasteiger partial charge in [-0.2, -0.15) is 0 Å². The van der Waals surface area contributed by atoms with Crippen LogP contribution in [0.15, 0.2) is 0 Å². The first-order valence-electron chi connectivity index (χ1n) is 2.94. The van der Waals surface area contributed by atoms with Gasteiger partial charge in [0.1, 0.15) is 0 Å². The molecule has 50 valence electrons. The van der Waals surface area contributed by atoms with Gasteiger partial charge in [0.25, 0.3) is 0 Å². The van der Waals surface area contributed by atoms with Gasteiger partial charge in [-0.1, -0.05) is 12.8 Å². The molecule has 0 aromatic carbocycles. The fraction of sp³-hybridized carbons (Fsp3) is 0.571. The Hall–Kier alpha value is -0.970. The van der Waals surface area contributed by atoms with Crippen LogP contribution in [0.4, 0.5) is 0 Å². The fourth-order valence-corrected chi connectivity index (χ4v) is 0.507. The summed E-state index contributed by atoms with van der Waals surface area (Å²) in [4.78, 5) is 10.4. The van der Waals surface area contributed by atoms with E-state index in [1.165, 1.54) is 6.92 Å². The van der Waals surface area contributed by atoms with Crippen LogP contribution >= 0.6 is 0 Å². The molecular weight excluding hydrogens is 114 g/mol. The maximum atomic E-state index is 10.4. The van der Waals surface area contributed by atoms with E-state index in [9.17, 15) is 4.79 Å². The summed E-state index contributed by atoms with van der Waals surface area (Å²) >= 11 is 0. The Balaban J connectivity index is 3.60. The van der Waals surface area contributed by atoms with Crippen molar-refractivity contribution in [1.82, 2.24) is 5.32 Å². The average molecular weight is 125 g/mol. The predicted octanol–water partition coefficient (Wildman–Crippen LogP) is 0.534. The van der Waals surface area contributed by atoms with Crippen molar-refractivity contribution >= 4 is 5.91 Å². The van der Waals surface area contributed by atoms with Crippen molar-refractivity contribution in [3.05, 3.63) is 0 Å². The molecule has 0 saturated heterocycles. The molecule has 1 atom stereocenters. The monoisotopic (exact) mass is 125 g/mol. The SMILES string of the molecule is C#CC(CC)NC(C)=O. The maximum absolute atomic E-state index is 10.4. The molecule has 0 rings (SSSR count). The average Bonchev–Trinajstić information content (AvgIpc) is 1.82. The molecule has 1 amide bonds. The zero-order valence-electron chi connectivity index (χ0n) is 5.77. The highest BCUT2D eigenvalue weighted by atomic mass is 16.1. The molecule has 9 heavy (non-hydrogen) atoms. The quantitative estimate of drug-likeness (QED) is 0.536. The summed E-state index contributed by atoms with van der Waals surface area (Å²) in [6, 6.07) is -0.0949. The highest BCUT2D eigenvalue weighted by Gasteiger charge is 2.00. The molecular formula is C7H11NO. The lowest BCUT2D eigenvalue weighted by atomic mass is 10.2. The molecule has 0 aliphatic carbocycles. The number of carbonyl (C=O) groups is 1. The number of hydrogen-bond acceptors (Lipinski definition) is 1. The number of nitrogens with one attached hydrogen (secondary N) is 1. The first-order valence-corrected chi connectivity index (χ1v) is 2.94. The van der Waals surface area contributed by atoms with Crippen LogP contribution in [-0.2, 0) is 4.79 Å². The number of rotatable bonds is 2. The van der Waals surface area contributed by atoms with E-state index in [0.29, 0.717) is 0 Å². The summed E-state index contributed by atoms with van der Waals surface area (Å²) in [6.07, 6.45) is 5.85. The minimum atomic E-state index is -0.0949. The van der Waals surface area contributed by atoms with Crippen molar-refractivity contribution in [2.75, 3.05) is 0 Å². The molecule has 0 radical (unpaired) electrons. The number of terminal acetylenes is 1. The molecule has 0 aliphatic rings. The van der Waals surface area contributed by atoms with Gasteiger partial charge in [-0.3, -0.25) is 4.79 Å². The smallest absolute Gasteiger partial charge is 0.217 e. The van der Waals surface area contributed by atoms with E-state index in [-0.39, 0.29) is 11.9 Å². The van der Waals surface area contributed by atoms with Gasteiger partial charge >= 0.3 is 0 Å². The van der Waals surface area contributed by atoms with Gasteiger partial charge in [-0.15, -0.1) is 6.42 Å². The lowest BCUT2D eigenvalue weighted by Gasteiger charge is -2.06. The largest absolute Gasteiger partial charge is 0.343 e. The Bertz CT molecular complexity index is 134. The van der Waals surface area contributed by atoms with Gasteiger partial charge in [0.2, 0.25) is 5.91 Å². The third kappa shape index (κ3) is 3.60. The normalized spacial score (nSPS) is 11.7. The van der Waals surface area contributed by atoms with Crippen LogP contribution in [0, 0.1) is 12.3 Å². The number of carbonyl (C=O) groups excluding carboxylic acids is 1. The zero-order chi connectivity index (χ0) is 7.28. The molecule has 0 fully saturated rings. The topological polar surface area (TPSA) is 29.1 Å². The highest BCUT2D eigenvalue weighted by Crippen LogP contribution is 1.85. The Kier molecular flexibility index (Phi) is 3.54. The summed E-state index contributed by atoms with van der Waals surface area (Å²) in [5, 5.41) is 2.60. The molecule has 0 aliphatic heterocycles. The summed E-state index contributed by atoms with van der Waals surface area (Å²) in [7, 11) is 0. The van der Waals surface area contributed by atoms with E-state index >= 15 is 0 Å². The Labute approximate surface area is 55.6 Å². The molecule has 1 N–H and O–H groups in total. The first-order chi connectivity index (χ1) is 4.20. The van der Waals surface area contributed by atoms with Gasteiger partial charge in [0.15, 0.2) is 0 Å². The van der Waals surface area contributed by atoms with Gasteiger partial charge in [0.05, 0.1) is 6.04 Å². The van der Waals surface area contributed by atoms with E-state index in [4.69, 9.17) is 6.42 Å². The van der Waals surface area contributed by atoms with Gasteiger partial charge in [0, 0.05) is 6.92 Å². The second kappa shape index (κ2) is 3.96. The van der Waals surface area contributed by atoms with E-state index < -0.39 is 0 Å². The molecule has 1 unspecified atom stereocenters. The van der Waals surface area contributed by atoms with Gasteiger partial charge < -0.3 is 5.32 Å². The first kappa shape index (κ1) is 8.03. The second-order valence-electron chi connectivity index (χ2n) is 1.83. The Morgan fingerprint density at radius 3 is 2.56 bits per heavy atom. The van der Waals surface area contributed by atoms with Crippen LogP contribution in [0.5, 0.6) is 0 Å². The second-order valence-corrected chi connectivity index (χ2v) is 1.83. The summed E-state index contributed by atoms with van der Waals surface area (Å²) < 4.78 is 0. The molecule has 0 aromatic heterocycles. The Morgan fingerprint density at radius 2 is 2.44 bits per heavy atom. The molecule has 0 aromatic rings. The van der Waals surface area contributed by atoms with Crippen LogP contribution in [0.25, 0.3) is 0 Å². The van der Waals surface area contributed by atoms with Crippen molar-refractivity contribution in [3.8, 4) is 12.3 Å². The van der Waals surface area contributed by atoms with Crippen LogP contribution in [0.2, 0.25) is 0 Å². The predicted molar refractivity (Wildman–Crippen MR) is 36.7 cm³/mol. The van der Waals surface area contributed by atoms with Crippen LogP contribution in [0.3, 0.4) is 0 Å². The number of amides is 1. The zero-order valence-corrected chi connectivity index (χ0v) is 5.77. The summed E-state index contributed by atoms with van der Waals surface area (Å²) in [6.45, 7) is 3.39. The van der Waals surface area contributed by atoms with Gasteiger partial charge in [-0.05, 0) is 6.42 Å². The molecule has 0 heterocycles. The lowest BCUT2D eigenvalue weighted by molar-refractivity contribution is -0.119. The molecule has 0 spiro atoms. The molecule has 0 bridgehead atoms. The van der Waals surface area contributed by atoms with Crippen LogP contribution in [0.1, 0.15) is 20.3 Å². The van der Waals surface area contributed by atoms with Crippen LogP contribution in [-0.4, -0.2) is 11.9 Å². The van der Waals surface area contributed by atoms with E-state index in [1.54, 1.807) is 0 Å². The maximum Gasteiger partial charge on any atom is 0.217 e. The van der Waals surface area contributed by atoms with Crippen molar-refractivity contribution in [3.63, 3.8) is 0 Å². The number of hydrogen-bond donors (Lipinski definition) is 1. The van der Waals surface area contributed by atoms with Gasteiger partial charge in [-0.25, -0.2) is 0 Å². The van der Waals surface area contributed by atoms with Crippen molar-refractivity contribution in [2.45, 2.75) is 26.3 Å². The molecule has 2 heteroatoms. The summed E-state index contributed by atoms with van der Waals surface area (Å²) in [5.41, 5.74) is 0. The van der Waals surface area contributed by atoms with Crippen molar-refractivity contribution < 1.29 is 4.79 Å². The minimum absolute atomic E-state index is 0.0696. The lowest BCUT2D eigenvalue weighted by Crippen LogP contribution is -2.30. The molecule has 0 saturated carbocycles. The van der Waals surface area contributed by atoms with E-state index in [2.05, 4.69) is 11.2 Å². The minimum Gasteiger partial charge on any atom is -0.343 e. The fourth-order valence-electron chi connectivity index (χ4n) is 0.507. The standard InChI is InChI=1S/C7H11NO/c1-4-7(5-2)8-6(3)9/h1,7H,5H2,2-3H3,(H,8,9). The van der Waals surface area contributed by atoms with Crippen LogP contribution < -0.4 is 5.32 Å². The summed E-state index contributed by atoms with van der Waals surface area (Å²) in [5.74, 6) is 2.38. The third-order valence-electron chi connectivity index (χ3n) is 0.987. The molecule has 2 nitrogen and oxygen atoms in total. The van der Waals surface area contributed by atoms with E-state index in [1.807, 2.05) is 6.92 Å². The van der Waals surface area contributed by atoms with E-state index in [0.717, 1.165) is 6.42 Å².